The van der Waals surface area contributed by atoms with Crippen molar-refractivity contribution in [1.29, 1.82) is 0 Å². The molecule has 0 aliphatic carbocycles. The molecule has 19 atom stereocenters. The van der Waals surface area contributed by atoms with Gasteiger partial charge in [-0.1, -0.05) is 156 Å². The van der Waals surface area contributed by atoms with E-state index in [0.717, 1.165) is 0 Å². The number of primary amides is 1. The molecule has 0 saturated heterocycles. The fraction of sp³-hybridized carbons (Fsp3) is 0.686. The predicted molar refractivity (Wildman–Crippen MR) is 567 cm³/mol. The molecule has 1 aliphatic rings. The fourth-order valence-corrected chi connectivity index (χ4v) is 16.8. The smallest absolute Gasteiger partial charge is 0.246 e. The molecule has 0 fully saturated rings. The zero-order valence-electron chi connectivity index (χ0n) is 90.9. The summed E-state index contributed by atoms with van der Waals surface area (Å²) in [6.45, 7) is 29.6. The van der Waals surface area contributed by atoms with Crippen LogP contribution in [0.15, 0.2) is 72.8 Å². The van der Waals surface area contributed by atoms with Crippen LogP contribution < -0.4 is 130 Å². The van der Waals surface area contributed by atoms with Gasteiger partial charge in [0, 0.05) is 12.8 Å². The van der Waals surface area contributed by atoms with E-state index in [9.17, 15) is 91.4 Å². The minimum Gasteiger partial charge on any atom is -0.391 e. The van der Waals surface area contributed by atoms with Crippen molar-refractivity contribution in [2.45, 2.75) is 393 Å². The molecule has 0 aromatic heterocycles. The summed E-state index contributed by atoms with van der Waals surface area (Å²) < 4.78 is 0. The monoisotopic (exact) mass is 2100 g/mol. The van der Waals surface area contributed by atoms with Crippen molar-refractivity contribution >= 4 is 112 Å². The van der Waals surface area contributed by atoms with Crippen LogP contribution in [0, 0.1) is 35.5 Å². The lowest BCUT2D eigenvalue weighted by Crippen LogP contribution is -2.64. The van der Waals surface area contributed by atoms with Crippen LogP contribution in [0.3, 0.4) is 0 Å². The van der Waals surface area contributed by atoms with Gasteiger partial charge in [-0.05, 0) is 256 Å². The summed E-state index contributed by atoms with van der Waals surface area (Å²) in [7, 11) is 0. The summed E-state index contributed by atoms with van der Waals surface area (Å²) in [5, 5.41) is 60.0. The number of unbranched alkanes of at least 4 members (excludes halogenated alkanes) is 4. The Bertz CT molecular complexity index is 4660. The van der Waals surface area contributed by atoms with Gasteiger partial charge in [0.15, 0.2) is 0 Å². The number of carbonyl (C=O) groups excluding carboxylic acids is 19. The predicted octanol–water partition coefficient (Wildman–Crippen LogP) is -0.214. The number of rotatable bonds is 60. The molecule has 19 amide bonds. The standard InChI is InChI=1S/C105H178N24O20/c1-60(2)53-77-92(138)117-74(45-31-37-51-108)97(143)128-104(17,47-33-21-19-20-22-34-48-105(18,103(149)124-80(56-63(7)8)94(140)122-77)129-98(144)75(46-32-38-52-109)118-95(141)81(115-82(131)59-110)58-71-41-27-24-28-42-71)102(148)114-68(15)87(133)112-66(13)88(134)116-72(43-29-35-49-106)90(136)113-67(14)89(135)121-79(55-62(5)6)96(142)125-83(64(9)10)99(145)119-73(44-30-36-50-107)91(137)127-85(69(16)130)101(147)126-84(65(11)12)100(146)123-78(54-61(3)4)93(139)120-76(86(111)132)57-70-39-25-23-26-40-70/h19-20,23-28,39-42,60-69,72-81,83-85,130H,21-22,29-38,43-59,106-110H2,1-18H3,(H2,111,132)(H,112,133)(H,113,136)(H,114,148)(H,115,131)(H,116,134)(H,117,138)(H,118,141)(H,119,145)(H,120,139)(H,121,135)(H,122,140)(H,123,146)(H,124,149)(H,125,142)(H,126,147)(H,127,137)(H,128,143)(H,129,144)/b20-19-/t66-,67-,68-,69+,72-,73-,74-,75-,76-,77-,78-,79-,80-,81-,83-,84-,85-,104-,105-/m0/s1. The molecule has 3 rings (SSSR count). The van der Waals surface area contributed by atoms with Crippen LogP contribution in [-0.2, 0) is 104 Å². The Kier molecular flexibility index (Phi) is 59.7. The van der Waals surface area contributed by atoms with Gasteiger partial charge in [0.25, 0.3) is 0 Å². The first-order chi connectivity index (χ1) is 70.2. The van der Waals surface area contributed by atoms with E-state index in [-0.39, 0.29) is 153 Å². The van der Waals surface area contributed by atoms with Crippen molar-refractivity contribution in [3.63, 3.8) is 0 Å². The van der Waals surface area contributed by atoms with E-state index in [1.165, 1.54) is 41.5 Å². The van der Waals surface area contributed by atoms with E-state index in [2.05, 4.69) is 95.7 Å². The maximum absolute atomic E-state index is 15.1. The molecule has 149 heavy (non-hydrogen) atoms. The van der Waals surface area contributed by atoms with Crippen LogP contribution in [0.2, 0.25) is 0 Å². The quantitative estimate of drug-likeness (QED) is 0.0301. The summed E-state index contributed by atoms with van der Waals surface area (Å²) >= 11 is 0. The van der Waals surface area contributed by atoms with E-state index in [1.807, 2.05) is 53.7 Å². The lowest BCUT2D eigenvalue weighted by Gasteiger charge is -2.34. The van der Waals surface area contributed by atoms with Gasteiger partial charge in [-0.2, -0.15) is 0 Å². The molecule has 0 spiro atoms. The van der Waals surface area contributed by atoms with Gasteiger partial charge in [-0.25, -0.2) is 0 Å². The van der Waals surface area contributed by atoms with E-state index < -0.39 is 244 Å². The highest BCUT2D eigenvalue weighted by atomic mass is 16.3. The molecule has 0 radical (unpaired) electrons. The Morgan fingerprint density at radius 1 is 0.369 bits per heavy atom. The van der Waals surface area contributed by atoms with Gasteiger partial charge < -0.3 is 135 Å². The Morgan fingerprint density at radius 2 is 0.725 bits per heavy atom. The number of carbonyl (C=O) groups is 19. The second-order valence-corrected chi connectivity index (χ2v) is 42.0. The van der Waals surface area contributed by atoms with Gasteiger partial charge in [0.1, 0.15) is 108 Å². The largest absolute Gasteiger partial charge is 0.391 e. The zero-order valence-corrected chi connectivity index (χ0v) is 90.9. The Labute approximate surface area is 879 Å². The number of aliphatic hydroxyl groups is 1. The third kappa shape index (κ3) is 48.2. The van der Waals surface area contributed by atoms with Crippen LogP contribution in [0.4, 0.5) is 0 Å². The number of aliphatic hydroxyl groups excluding tert-OH is 1. The number of nitrogens with one attached hydrogen (secondary N) is 18. The molecular formula is C105H178N24O20. The minimum absolute atomic E-state index is 0.000753. The summed E-state index contributed by atoms with van der Waals surface area (Å²) in [6, 6.07) is -3.79. The van der Waals surface area contributed by atoms with Crippen LogP contribution in [0.1, 0.15) is 277 Å². The summed E-state index contributed by atoms with van der Waals surface area (Å²) in [5.74, 6) is -17.6. The number of nitrogens with two attached hydrogens (primary N) is 6. The second-order valence-electron chi connectivity index (χ2n) is 42.0. The van der Waals surface area contributed by atoms with Crippen molar-refractivity contribution < 1.29 is 96.2 Å². The van der Waals surface area contributed by atoms with E-state index in [4.69, 9.17) is 34.4 Å². The van der Waals surface area contributed by atoms with Crippen LogP contribution in [-0.4, -0.2) is 264 Å². The second kappa shape index (κ2) is 67.8. The molecule has 2 aromatic carbocycles. The van der Waals surface area contributed by atoms with E-state index >= 15 is 4.79 Å². The van der Waals surface area contributed by atoms with E-state index in [0.29, 0.717) is 62.5 Å². The van der Waals surface area contributed by atoms with E-state index in [1.54, 1.807) is 102 Å². The van der Waals surface area contributed by atoms with Gasteiger partial charge >= 0.3 is 0 Å². The highest BCUT2D eigenvalue weighted by Gasteiger charge is 2.45. The third-order valence-corrected chi connectivity index (χ3v) is 25.6. The molecule has 0 bridgehead atoms. The summed E-state index contributed by atoms with van der Waals surface area (Å²) in [5.41, 5.74) is 32.8. The van der Waals surface area contributed by atoms with Gasteiger partial charge in [0.05, 0.1) is 12.6 Å². The minimum atomic E-state index is -1.84. The first-order valence-corrected chi connectivity index (χ1v) is 52.9. The zero-order chi connectivity index (χ0) is 112. The highest BCUT2D eigenvalue weighted by molar-refractivity contribution is 6.03. The van der Waals surface area contributed by atoms with Crippen molar-refractivity contribution in [3.8, 4) is 0 Å². The molecule has 0 unspecified atom stereocenters. The maximum Gasteiger partial charge on any atom is 0.246 e. The normalized spacial score (nSPS) is 19.7. The Morgan fingerprint density at radius 3 is 1.17 bits per heavy atom. The fourth-order valence-electron chi connectivity index (χ4n) is 16.8. The van der Waals surface area contributed by atoms with Crippen molar-refractivity contribution in [3.05, 3.63) is 83.9 Å². The number of benzene rings is 2. The van der Waals surface area contributed by atoms with Crippen molar-refractivity contribution in [1.82, 2.24) is 95.7 Å². The Balaban J connectivity index is 1.92. The van der Waals surface area contributed by atoms with Crippen molar-refractivity contribution in [2.75, 3.05) is 32.7 Å². The number of allylic oxidation sites excluding steroid dienone is 2. The molecular weight excluding hydrogens is 1920 g/mol. The Hall–Kier alpha value is -12.1. The molecule has 44 nitrogen and oxygen atoms in total. The summed E-state index contributed by atoms with van der Waals surface area (Å²) in [6.07, 6.45) is 6.37. The first kappa shape index (κ1) is 131. The SMILES string of the molecule is CC(C)C[C@H](NC(=O)[C@H](C)NC(=O)[C@H](CCCCN)NC(=O)[C@H](C)NC(=O)[C@H](C)NC(=O)[C@]1(C)CCC/C=C\CCC[C@](C)(NC(=O)[C@H](CCCCN)NC(=O)[C@H](Cc2ccccc2)NC(=O)CN)C(=O)N[C@@H](CC(C)C)C(=O)N[C@@H](CC(C)C)C(=O)N[C@@H](CCCCN)C(=O)N1)C(=O)N[C@H](C(=O)N[C@@H](CCCCN)C(=O)N[C@H](C(=O)N[C@H](C(=O)N[C@@H](CC(C)C)C(=O)N[C@@H](Cc1ccccc1)C(N)=O)C(C)C)[C@@H](C)O)C(C)C. The van der Waals surface area contributed by atoms with Crippen LogP contribution in [0.25, 0.3) is 0 Å². The van der Waals surface area contributed by atoms with Crippen LogP contribution >= 0.6 is 0 Å². The molecule has 1 aliphatic heterocycles. The maximum atomic E-state index is 15.1. The number of hydrogen-bond acceptors (Lipinski definition) is 25. The van der Waals surface area contributed by atoms with Crippen LogP contribution in [0.5, 0.6) is 0 Å². The molecule has 44 heteroatoms. The summed E-state index contributed by atoms with van der Waals surface area (Å²) in [4.78, 5) is 272. The first-order valence-electron chi connectivity index (χ1n) is 52.9. The molecule has 31 N–H and O–H groups in total. The molecule has 2 aromatic rings. The number of hydrogen-bond donors (Lipinski definition) is 25. The topological polar surface area (TPSA) is 717 Å². The molecule has 1 heterocycles. The number of amides is 19. The van der Waals surface area contributed by atoms with Gasteiger partial charge in [0.2, 0.25) is 112 Å². The third-order valence-electron chi connectivity index (χ3n) is 25.6. The molecule has 0 saturated carbocycles. The highest BCUT2D eigenvalue weighted by Crippen LogP contribution is 2.24. The lowest BCUT2D eigenvalue weighted by atomic mass is 9.91. The average Bonchev–Trinajstić information content (AvgIpc) is 1.10. The average molecular weight is 2100 g/mol. The lowest BCUT2D eigenvalue weighted by molar-refractivity contribution is -0.139. The van der Waals surface area contributed by atoms with Crippen molar-refractivity contribution in [2.24, 2.45) is 69.9 Å². The van der Waals surface area contributed by atoms with Gasteiger partial charge in [-0.3, -0.25) is 91.1 Å². The molecule has 838 valence electrons. The van der Waals surface area contributed by atoms with Gasteiger partial charge in [-0.15, -0.1) is 0 Å².